The van der Waals surface area contributed by atoms with Crippen LogP contribution in [0.4, 0.5) is 5.69 Å². The fourth-order valence-corrected chi connectivity index (χ4v) is 2.80. The van der Waals surface area contributed by atoms with Gasteiger partial charge in [-0.25, -0.2) is 0 Å². The van der Waals surface area contributed by atoms with Gasteiger partial charge in [-0.1, -0.05) is 37.0 Å². The highest BCUT2D eigenvalue weighted by atomic mass is 35.5. The first-order chi connectivity index (χ1) is 12.2. The number of carboxylic acids is 1. The summed E-state index contributed by atoms with van der Waals surface area (Å²) in [4.78, 5) is 22.4. The number of ether oxygens (including phenoxy) is 1. The van der Waals surface area contributed by atoms with Gasteiger partial charge in [0.1, 0.15) is 17.9 Å². The predicted molar refractivity (Wildman–Crippen MR) is 99.6 cm³/mol. The van der Waals surface area contributed by atoms with Crippen LogP contribution < -0.4 is 10.1 Å². The van der Waals surface area contributed by atoms with E-state index in [0.717, 1.165) is 0 Å². The highest BCUT2D eigenvalue weighted by molar-refractivity contribution is 6.36. The maximum Gasteiger partial charge on any atom is 0.312 e. The first kappa shape index (κ1) is 19.9. The van der Waals surface area contributed by atoms with E-state index in [4.69, 9.17) is 33.0 Å². The number of aliphatic carboxylic acids is 1. The number of aromatic hydroxyl groups is 1. The van der Waals surface area contributed by atoms with Gasteiger partial charge in [0.15, 0.2) is 5.75 Å². The molecule has 2 rings (SSSR count). The summed E-state index contributed by atoms with van der Waals surface area (Å²) < 4.78 is 5.78. The topological polar surface area (TPSA) is 95.9 Å². The van der Waals surface area contributed by atoms with Crippen molar-refractivity contribution in [3.63, 3.8) is 0 Å². The molecule has 8 heteroatoms. The summed E-state index contributed by atoms with van der Waals surface area (Å²) in [6.07, 6.45) is -0.708. The van der Waals surface area contributed by atoms with E-state index in [2.05, 4.69) is 5.32 Å². The number of hydrogen-bond acceptors (Lipinski definition) is 4. The zero-order valence-corrected chi connectivity index (χ0v) is 15.6. The molecule has 0 atom stereocenters. The number of hydrogen-bond donors (Lipinski definition) is 3. The summed E-state index contributed by atoms with van der Waals surface area (Å²) in [7, 11) is 0. The van der Waals surface area contributed by atoms with Crippen molar-refractivity contribution >= 4 is 40.8 Å². The zero-order chi connectivity index (χ0) is 19.4. The van der Waals surface area contributed by atoms with Gasteiger partial charge in [0, 0.05) is 10.6 Å². The number of carbonyl (C=O) groups excluding carboxylic acids is 1. The molecule has 138 valence electrons. The SMILES string of the molecule is CC(C)c1cc(Oc2c(Cl)cc(Cl)cc2NC(=O)CC(=O)O)ccc1O. The Kier molecular flexibility index (Phi) is 6.34. The average Bonchev–Trinajstić information content (AvgIpc) is 2.51. The summed E-state index contributed by atoms with van der Waals surface area (Å²) in [6.45, 7) is 3.84. The molecule has 1 amide bonds. The van der Waals surface area contributed by atoms with Crippen LogP contribution >= 0.6 is 23.2 Å². The zero-order valence-electron chi connectivity index (χ0n) is 14.0. The van der Waals surface area contributed by atoms with Crippen molar-refractivity contribution in [1.82, 2.24) is 0 Å². The molecule has 0 aliphatic carbocycles. The minimum absolute atomic E-state index is 0.0639. The van der Waals surface area contributed by atoms with Crippen molar-refractivity contribution in [2.75, 3.05) is 5.32 Å². The van der Waals surface area contributed by atoms with Crippen molar-refractivity contribution in [2.45, 2.75) is 26.2 Å². The van der Waals surface area contributed by atoms with Crippen molar-refractivity contribution in [2.24, 2.45) is 0 Å². The molecule has 0 aliphatic heterocycles. The second kappa shape index (κ2) is 8.29. The molecule has 6 nitrogen and oxygen atoms in total. The van der Waals surface area contributed by atoms with Crippen LogP contribution in [-0.2, 0) is 9.59 Å². The third kappa shape index (κ3) is 5.03. The summed E-state index contributed by atoms with van der Waals surface area (Å²) in [5, 5.41) is 21.4. The number of carboxylic acid groups (broad SMARTS) is 1. The van der Waals surface area contributed by atoms with Crippen LogP contribution in [0, 0.1) is 0 Å². The molecule has 26 heavy (non-hydrogen) atoms. The minimum atomic E-state index is -1.27. The van der Waals surface area contributed by atoms with Gasteiger partial charge in [-0.2, -0.15) is 0 Å². The van der Waals surface area contributed by atoms with Crippen LogP contribution in [0.1, 0.15) is 31.7 Å². The van der Waals surface area contributed by atoms with E-state index in [1.165, 1.54) is 18.2 Å². The highest BCUT2D eigenvalue weighted by Gasteiger charge is 2.17. The predicted octanol–water partition coefficient (Wildman–Crippen LogP) is 5.03. The third-order valence-corrected chi connectivity index (χ3v) is 3.93. The normalized spacial score (nSPS) is 10.7. The molecule has 0 spiro atoms. The number of amides is 1. The fraction of sp³-hybridized carbons (Fsp3) is 0.222. The van der Waals surface area contributed by atoms with Crippen LogP contribution in [0.2, 0.25) is 10.0 Å². The first-order valence-electron chi connectivity index (χ1n) is 7.68. The maximum absolute atomic E-state index is 11.8. The lowest BCUT2D eigenvalue weighted by molar-refractivity contribution is -0.139. The Morgan fingerprint density at radius 3 is 2.50 bits per heavy atom. The number of carbonyl (C=O) groups is 2. The van der Waals surface area contributed by atoms with Gasteiger partial charge in [0.2, 0.25) is 5.91 Å². The molecule has 2 aromatic rings. The maximum atomic E-state index is 11.8. The number of phenols is 1. The molecular formula is C18H17Cl2NO5. The molecule has 0 unspecified atom stereocenters. The van der Waals surface area contributed by atoms with Gasteiger partial charge in [-0.15, -0.1) is 0 Å². The molecule has 0 saturated carbocycles. The smallest absolute Gasteiger partial charge is 0.312 e. The van der Waals surface area contributed by atoms with Crippen LogP contribution in [-0.4, -0.2) is 22.1 Å². The third-order valence-electron chi connectivity index (χ3n) is 3.44. The quantitative estimate of drug-likeness (QED) is 0.594. The number of benzene rings is 2. The summed E-state index contributed by atoms with van der Waals surface area (Å²) in [5.41, 5.74) is 0.831. The van der Waals surface area contributed by atoms with E-state index in [0.29, 0.717) is 11.3 Å². The van der Waals surface area contributed by atoms with E-state index in [1.54, 1.807) is 12.1 Å². The van der Waals surface area contributed by atoms with Gasteiger partial charge >= 0.3 is 5.97 Å². The summed E-state index contributed by atoms with van der Waals surface area (Å²) >= 11 is 12.1. The van der Waals surface area contributed by atoms with Crippen LogP contribution in [0.15, 0.2) is 30.3 Å². The van der Waals surface area contributed by atoms with E-state index in [-0.39, 0.29) is 33.1 Å². The minimum Gasteiger partial charge on any atom is -0.508 e. The van der Waals surface area contributed by atoms with Crippen molar-refractivity contribution in [3.05, 3.63) is 45.9 Å². The molecule has 0 aromatic heterocycles. The van der Waals surface area contributed by atoms with Gasteiger partial charge in [0.05, 0.1) is 10.7 Å². The lowest BCUT2D eigenvalue weighted by Gasteiger charge is -2.16. The van der Waals surface area contributed by atoms with Gasteiger partial charge in [-0.05, 0) is 36.2 Å². The summed E-state index contributed by atoms with van der Waals surface area (Å²) in [6, 6.07) is 7.56. The number of phenolic OH excluding ortho intramolecular Hbond substituents is 1. The molecule has 0 fully saturated rings. The van der Waals surface area contributed by atoms with Gasteiger partial charge < -0.3 is 20.3 Å². The standard InChI is InChI=1S/C18H17Cl2NO5/c1-9(2)12-7-11(3-4-15(12)22)26-18-13(20)5-10(19)6-14(18)21-16(23)8-17(24)25/h3-7,9,22H,8H2,1-2H3,(H,21,23)(H,24,25). The Morgan fingerprint density at radius 2 is 1.88 bits per heavy atom. The molecule has 2 aromatic carbocycles. The monoisotopic (exact) mass is 397 g/mol. The van der Waals surface area contributed by atoms with Crippen molar-refractivity contribution < 1.29 is 24.5 Å². The average molecular weight is 398 g/mol. The lowest BCUT2D eigenvalue weighted by atomic mass is 10.0. The molecule has 0 saturated heterocycles. The Labute approximate surface area is 160 Å². The first-order valence-corrected chi connectivity index (χ1v) is 8.44. The summed E-state index contributed by atoms with van der Waals surface area (Å²) in [5.74, 6) is -1.29. The van der Waals surface area contributed by atoms with E-state index in [1.807, 2.05) is 13.8 Å². The van der Waals surface area contributed by atoms with Gasteiger partial charge in [-0.3, -0.25) is 9.59 Å². The Morgan fingerprint density at radius 1 is 1.19 bits per heavy atom. The second-order valence-corrected chi connectivity index (χ2v) is 6.70. The lowest BCUT2D eigenvalue weighted by Crippen LogP contribution is -2.16. The Hall–Kier alpha value is -2.44. The number of anilines is 1. The van der Waals surface area contributed by atoms with Crippen LogP contribution in [0.25, 0.3) is 0 Å². The molecule has 0 radical (unpaired) electrons. The molecule has 0 bridgehead atoms. The van der Waals surface area contributed by atoms with Crippen LogP contribution in [0.5, 0.6) is 17.2 Å². The number of halogens is 2. The van der Waals surface area contributed by atoms with Gasteiger partial charge in [0.25, 0.3) is 0 Å². The van der Waals surface area contributed by atoms with E-state index in [9.17, 15) is 14.7 Å². The van der Waals surface area contributed by atoms with E-state index < -0.39 is 18.3 Å². The van der Waals surface area contributed by atoms with E-state index >= 15 is 0 Å². The highest BCUT2D eigenvalue weighted by Crippen LogP contribution is 2.40. The van der Waals surface area contributed by atoms with Crippen LogP contribution in [0.3, 0.4) is 0 Å². The fourth-order valence-electron chi connectivity index (χ4n) is 2.27. The van der Waals surface area contributed by atoms with Crippen molar-refractivity contribution in [1.29, 1.82) is 0 Å². The molecule has 0 heterocycles. The number of rotatable bonds is 6. The molecular weight excluding hydrogens is 381 g/mol. The number of nitrogens with one attached hydrogen (secondary N) is 1. The molecule has 0 aliphatic rings. The Balaban J connectivity index is 2.38. The largest absolute Gasteiger partial charge is 0.508 e. The molecule has 3 N–H and O–H groups in total. The van der Waals surface area contributed by atoms with Crippen molar-refractivity contribution in [3.8, 4) is 17.2 Å². The Bertz CT molecular complexity index is 852. The second-order valence-electron chi connectivity index (χ2n) is 5.86.